The van der Waals surface area contributed by atoms with Gasteiger partial charge in [-0.1, -0.05) is 30.9 Å². The molecule has 3 heterocycles. The summed E-state index contributed by atoms with van der Waals surface area (Å²) in [5.41, 5.74) is 10.5. The number of fused-ring (bicyclic) bond motifs is 1. The lowest BCUT2D eigenvalue weighted by Gasteiger charge is -2.13. The van der Waals surface area contributed by atoms with Crippen LogP contribution < -0.4 is 0 Å². The number of rotatable bonds is 4. The molecular weight excluding hydrogens is 212 g/mol. The molecule has 4 nitrogen and oxygen atoms in total. The number of azide groups is 1. The number of nitrogens with zero attached hydrogens (tertiary/aromatic N) is 4. The van der Waals surface area contributed by atoms with Gasteiger partial charge in [0.1, 0.15) is 0 Å². The molecule has 0 spiro atoms. The van der Waals surface area contributed by atoms with Gasteiger partial charge >= 0.3 is 0 Å². The summed E-state index contributed by atoms with van der Waals surface area (Å²) in [6.07, 6.45) is 5.49. The van der Waals surface area contributed by atoms with Crippen LogP contribution in [0.5, 0.6) is 0 Å². The summed E-state index contributed by atoms with van der Waals surface area (Å²) >= 11 is 0. The van der Waals surface area contributed by atoms with Crippen LogP contribution in [0, 0.1) is 0 Å². The molecule has 4 rings (SSSR count). The lowest BCUT2D eigenvalue weighted by molar-refractivity contribution is 0.725. The predicted molar refractivity (Wildman–Crippen MR) is 70.4 cm³/mol. The first-order valence-corrected chi connectivity index (χ1v) is 5.99. The molecule has 0 radical (unpaired) electrons. The van der Waals surface area contributed by atoms with Crippen LogP contribution in [0.4, 0.5) is 0 Å². The predicted octanol–water partition coefficient (Wildman–Crippen LogP) is 4.43. The fourth-order valence-corrected chi connectivity index (χ4v) is 1.90. The molecular formula is C13H16N4. The number of hydrogen-bond donors (Lipinski definition) is 0. The molecule has 17 heavy (non-hydrogen) atoms. The van der Waals surface area contributed by atoms with Gasteiger partial charge in [-0.15, -0.1) is 0 Å². The van der Waals surface area contributed by atoms with Gasteiger partial charge in [-0.25, -0.2) is 0 Å². The summed E-state index contributed by atoms with van der Waals surface area (Å²) in [6.45, 7) is 2.78. The lowest BCUT2D eigenvalue weighted by atomic mass is 10.2. The Labute approximate surface area is 100 Å². The third-order valence-electron chi connectivity index (χ3n) is 2.88. The van der Waals surface area contributed by atoms with Crippen molar-refractivity contribution in [2.24, 2.45) is 5.11 Å². The second kappa shape index (κ2) is 5.41. The van der Waals surface area contributed by atoms with E-state index in [0.29, 0.717) is 6.54 Å². The molecule has 88 valence electrons. The van der Waals surface area contributed by atoms with Gasteiger partial charge < -0.3 is 4.57 Å². The van der Waals surface area contributed by atoms with Gasteiger partial charge in [0, 0.05) is 28.7 Å². The molecule has 0 saturated carbocycles. The van der Waals surface area contributed by atoms with Gasteiger partial charge in [0.05, 0.1) is 5.52 Å². The summed E-state index contributed by atoms with van der Waals surface area (Å²) in [5.74, 6) is 0. The van der Waals surface area contributed by atoms with Crippen LogP contribution in [0.15, 0.2) is 35.6 Å². The minimum atomic E-state index is 0.657. The molecule has 0 amide bonds. The van der Waals surface area contributed by atoms with E-state index in [1.807, 2.05) is 0 Å². The second-order valence-electron chi connectivity index (χ2n) is 4.09. The third-order valence-corrected chi connectivity index (χ3v) is 2.88. The Morgan fingerprint density at radius 3 is 2.76 bits per heavy atom. The molecule has 4 bridgehead atoms. The summed E-state index contributed by atoms with van der Waals surface area (Å²) in [7, 11) is 0. The topological polar surface area (TPSA) is 53.7 Å². The zero-order valence-electron chi connectivity index (χ0n) is 10.0. The first-order chi connectivity index (χ1) is 8.36. The number of unbranched alkanes of at least 4 members (excludes halogenated alkanes) is 2. The van der Waals surface area contributed by atoms with E-state index in [1.54, 1.807) is 0 Å². The lowest BCUT2D eigenvalue weighted by Crippen LogP contribution is -1.99. The largest absolute Gasteiger partial charge is 0.316 e. The summed E-state index contributed by atoms with van der Waals surface area (Å²) in [4.78, 5) is 2.63. The number of pyridine rings is 1. The zero-order chi connectivity index (χ0) is 12.1. The van der Waals surface area contributed by atoms with E-state index in [2.05, 4.69) is 52.0 Å². The molecule has 0 saturated heterocycles. The number of aromatic nitrogens is 1. The molecule has 2 aromatic rings. The van der Waals surface area contributed by atoms with Crippen LogP contribution in [-0.2, 0) is 0 Å². The maximum absolute atomic E-state index is 7.82. The molecule has 2 aliphatic heterocycles. The number of benzene rings is 1. The van der Waals surface area contributed by atoms with Crippen LogP contribution in [-0.4, -0.2) is 11.1 Å². The Morgan fingerprint density at radius 1 is 1.29 bits per heavy atom. The molecule has 4 heteroatoms. The highest BCUT2D eigenvalue weighted by Gasteiger charge is 2.11. The normalized spacial score (nSPS) is 10.4. The van der Waals surface area contributed by atoms with Crippen molar-refractivity contribution in [1.29, 1.82) is 0 Å². The van der Waals surface area contributed by atoms with Crippen molar-refractivity contribution in [1.82, 2.24) is 4.57 Å². The molecule has 0 N–H and O–H groups in total. The van der Waals surface area contributed by atoms with Crippen LogP contribution in [0.2, 0.25) is 0 Å². The van der Waals surface area contributed by atoms with Gasteiger partial charge in [0.2, 0.25) is 0 Å². The minimum absolute atomic E-state index is 0.657. The van der Waals surface area contributed by atoms with Gasteiger partial charge in [-0.3, -0.25) is 0 Å². The first-order valence-electron chi connectivity index (χ1n) is 5.99. The monoisotopic (exact) mass is 228 g/mol. The average molecular weight is 228 g/mol. The Kier molecular flexibility index (Phi) is 3.68. The van der Waals surface area contributed by atoms with Gasteiger partial charge in [-0.05, 0) is 30.2 Å². The fraction of sp³-hybridized carbons (Fsp3) is 0.385. The SMILES string of the molecule is CCCCCN=[N+]=[N-].c1cc2ccn3c2cc1-3. The Bertz CT molecular complexity index is 544. The fourth-order valence-electron chi connectivity index (χ4n) is 1.90. The van der Waals surface area contributed by atoms with E-state index >= 15 is 0 Å². The van der Waals surface area contributed by atoms with Crippen molar-refractivity contribution in [2.45, 2.75) is 26.2 Å². The quantitative estimate of drug-likeness (QED) is 0.274. The van der Waals surface area contributed by atoms with Crippen LogP contribution in [0.3, 0.4) is 0 Å². The highest BCUT2D eigenvalue weighted by atomic mass is 15.1. The summed E-state index contributed by atoms with van der Waals surface area (Å²) in [5, 5.41) is 4.74. The standard InChI is InChI=1S/C8H5N.C5H11N3/c1-2-7-5-8-6(1)3-4-9(7)8;1-2-3-4-5-7-8-6/h1-5H;2-5H2,1H3. The van der Waals surface area contributed by atoms with E-state index in [1.165, 1.54) is 29.4 Å². The van der Waals surface area contributed by atoms with Crippen molar-refractivity contribution >= 4 is 10.9 Å². The molecule has 1 aromatic heterocycles. The maximum atomic E-state index is 7.82. The van der Waals surface area contributed by atoms with Crippen LogP contribution >= 0.6 is 0 Å². The third kappa shape index (κ3) is 2.43. The highest BCUT2D eigenvalue weighted by molar-refractivity contribution is 5.89. The first kappa shape index (κ1) is 11.6. The van der Waals surface area contributed by atoms with Gasteiger partial charge in [0.15, 0.2) is 0 Å². The Morgan fingerprint density at radius 2 is 2.18 bits per heavy atom. The highest BCUT2D eigenvalue weighted by Crippen LogP contribution is 2.29. The molecule has 0 unspecified atom stereocenters. The van der Waals surface area contributed by atoms with E-state index < -0.39 is 0 Å². The summed E-state index contributed by atoms with van der Waals surface area (Å²) < 4.78 is 2.20. The van der Waals surface area contributed by atoms with Gasteiger partial charge in [0.25, 0.3) is 0 Å². The smallest absolute Gasteiger partial charge is 0.0549 e. The molecule has 0 aliphatic carbocycles. The second-order valence-corrected chi connectivity index (χ2v) is 4.09. The number of hydrogen-bond acceptors (Lipinski definition) is 1. The van der Waals surface area contributed by atoms with Crippen LogP contribution in [0.1, 0.15) is 26.2 Å². The average Bonchev–Trinajstić information content (AvgIpc) is 2.56. The van der Waals surface area contributed by atoms with Crippen molar-refractivity contribution in [3.05, 3.63) is 40.9 Å². The molecule has 1 aromatic carbocycles. The van der Waals surface area contributed by atoms with Crippen molar-refractivity contribution < 1.29 is 0 Å². The molecule has 2 aliphatic rings. The van der Waals surface area contributed by atoms with E-state index in [4.69, 9.17) is 5.53 Å². The Hall–Kier alpha value is -1.93. The molecule has 0 atom stereocenters. The van der Waals surface area contributed by atoms with Crippen molar-refractivity contribution in [3.63, 3.8) is 0 Å². The van der Waals surface area contributed by atoms with E-state index in [-0.39, 0.29) is 0 Å². The summed E-state index contributed by atoms with van der Waals surface area (Å²) in [6, 6.07) is 8.64. The Balaban J connectivity index is 0.000000129. The van der Waals surface area contributed by atoms with Gasteiger partial charge in [-0.2, -0.15) is 0 Å². The maximum Gasteiger partial charge on any atom is 0.0549 e. The minimum Gasteiger partial charge on any atom is -0.316 e. The molecule has 0 fully saturated rings. The van der Waals surface area contributed by atoms with Crippen molar-refractivity contribution in [3.8, 4) is 5.69 Å². The van der Waals surface area contributed by atoms with Crippen molar-refractivity contribution in [2.75, 3.05) is 6.54 Å². The van der Waals surface area contributed by atoms with E-state index in [9.17, 15) is 0 Å². The van der Waals surface area contributed by atoms with Crippen LogP contribution in [0.25, 0.3) is 27.0 Å². The zero-order valence-corrected chi connectivity index (χ0v) is 10.0. The van der Waals surface area contributed by atoms with E-state index in [0.717, 1.165) is 6.42 Å².